The van der Waals surface area contributed by atoms with Gasteiger partial charge in [0.25, 0.3) is 0 Å². The van der Waals surface area contributed by atoms with Crippen LogP contribution in [-0.2, 0) is 6.54 Å². The summed E-state index contributed by atoms with van der Waals surface area (Å²) in [5.74, 6) is 0.876. The lowest BCUT2D eigenvalue weighted by Crippen LogP contribution is -2.01. The molecule has 2 rings (SSSR count). The molecule has 4 nitrogen and oxygen atoms in total. The van der Waals surface area contributed by atoms with Gasteiger partial charge in [0, 0.05) is 12.4 Å². The largest absolute Gasteiger partial charge is 0.377 e. The number of anilines is 1. The van der Waals surface area contributed by atoms with Gasteiger partial charge in [-0.15, -0.1) is 0 Å². The van der Waals surface area contributed by atoms with Crippen LogP contribution in [0.15, 0.2) is 29.1 Å². The van der Waals surface area contributed by atoms with E-state index in [1.54, 1.807) is 18.6 Å². The van der Waals surface area contributed by atoms with Gasteiger partial charge in [0.1, 0.15) is 11.0 Å². The summed E-state index contributed by atoms with van der Waals surface area (Å²) < 4.78 is 0.772. The second-order valence-corrected chi connectivity index (χ2v) is 4.10. The Kier molecular flexibility index (Phi) is 3.23. The van der Waals surface area contributed by atoms with Gasteiger partial charge in [0.15, 0.2) is 0 Å². The minimum Gasteiger partial charge on any atom is -0.377 e. The van der Waals surface area contributed by atoms with Gasteiger partial charge in [-0.05, 0) is 22.0 Å². The first-order valence-electron chi connectivity index (χ1n) is 4.29. The molecule has 6 heteroatoms. The van der Waals surface area contributed by atoms with Crippen molar-refractivity contribution in [1.82, 2.24) is 15.0 Å². The van der Waals surface area contributed by atoms with E-state index in [-0.39, 0.29) is 0 Å². The van der Waals surface area contributed by atoms with Crippen molar-refractivity contribution in [2.45, 2.75) is 6.54 Å². The van der Waals surface area contributed by atoms with E-state index in [9.17, 15) is 0 Å². The van der Waals surface area contributed by atoms with Gasteiger partial charge >= 0.3 is 0 Å². The highest BCUT2D eigenvalue weighted by Crippen LogP contribution is 2.22. The molecular weight excluding hydrogens is 279 g/mol. The predicted molar refractivity (Wildman–Crippen MR) is 62.9 cm³/mol. The zero-order valence-corrected chi connectivity index (χ0v) is 10.0. The predicted octanol–water partition coefficient (Wildman–Crippen LogP) is 2.83. The Bertz CT molecular complexity index is 443. The molecule has 0 saturated carbocycles. The van der Waals surface area contributed by atoms with Crippen LogP contribution in [0.2, 0.25) is 5.15 Å². The molecule has 2 aromatic rings. The summed E-state index contributed by atoms with van der Waals surface area (Å²) in [6.45, 7) is 0.628. The maximum absolute atomic E-state index is 5.78. The van der Waals surface area contributed by atoms with Crippen molar-refractivity contribution in [3.63, 3.8) is 0 Å². The summed E-state index contributed by atoms with van der Waals surface area (Å²) in [5, 5.41) is 3.63. The van der Waals surface area contributed by atoms with Crippen LogP contribution in [-0.4, -0.2) is 15.0 Å². The molecule has 0 fully saturated rings. The highest BCUT2D eigenvalue weighted by molar-refractivity contribution is 9.10. The number of pyridine rings is 1. The van der Waals surface area contributed by atoms with E-state index in [1.807, 2.05) is 6.07 Å². The summed E-state index contributed by atoms with van der Waals surface area (Å²) in [5.41, 5.74) is 0.891. The van der Waals surface area contributed by atoms with E-state index < -0.39 is 0 Å². The van der Waals surface area contributed by atoms with Crippen molar-refractivity contribution >= 4 is 33.2 Å². The van der Waals surface area contributed by atoms with Crippen LogP contribution in [0, 0.1) is 0 Å². The first-order chi connectivity index (χ1) is 7.25. The van der Waals surface area contributed by atoms with E-state index in [4.69, 9.17) is 11.6 Å². The molecular formula is C9H8BrClN4. The average Bonchev–Trinajstić information content (AvgIpc) is 2.73. The van der Waals surface area contributed by atoms with Crippen LogP contribution in [0.25, 0.3) is 0 Å². The Morgan fingerprint density at radius 3 is 3.00 bits per heavy atom. The van der Waals surface area contributed by atoms with Crippen LogP contribution < -0.4 is 5.32 Å². The molecule has 2 heterocycles. The van der Waals surface area contributed by atoms with Crippen LogP contribution in [0.1, 0.15) is 5.82 Å². The SMILES string of the molecule is Clc1ncc(NCc2ncc[nH]2)cc1Br. The topological polar surface area (TPSA) is 53.6 Å². The fourth-order valence-corrected chi connectivity index (χ4v) is 1.55. The molecule has 78 valence electrons. The van der Waals surface area contributed by atoms with Crippen LogP contribution in [0.5, 0.6) is 0 Å². The third-order valence-electron chi connectivity index (χ3n) is 1.81. The Balaban J connectivity index is 2.02. The number of rotatable bonds is 3. The smallest absolute Gasteiger partial charge is 0.143 e. The molecule has 0 radical (unpaired) electrons. The van der Waals surface area contributed by atoms with Gasteiger partial charge in [-0.1, -0.05) is 11.6 Å². The number of imidazole rings is 1. The van der Waals surface area contributed by atoms with Gasteiger partial charge in [-0.25, -0.2) is 9.97 Å². The average molecular weight is 288 g/mol. The summed E-state index contributed by atoms with van der Waals surface area (Å²) >= 11 is 9.08. The van der Waals surface area contributed by atoms with Crippen LogP contribution >= 0.6 is 27.5 Å². The number of aromatic amines is 1. The molecule has 0 unspecified atom stereocenters. The van der Waals surface area contributed by atoms with E-state index in [0.717, 1.165) is 16.0 Å². The lowest BCUT2D eigenvalue weighted by Gasteiger charge is -2.04. The number of hydrogen-bond acceptors (Lipinski definition) is 3. The minimum atomic E-state index is 0.457. The fourth-order valence-electron chi connectivity index (χ4n) is 1.10. The highest BCUT2D eigenvalue weighted by atomic mass is 79.9. The number of halogens is 2. The number of H-pyrrole nitrogens is 1. The number of hydrogen-bond donors (Lipinski definition) is 2. The maximum Gasteiger partial charge on any atom is 0.143 e. The quantitative estimate of drug-likeness (QED) is 0.854. The molecule has 0 atom stereocenters. The molecule has 0 saturated heterocycles. The summed E-state index contributed by atoms with van der Waals surface area (Å²) in [7, 11) is 0. The molecule has 2 aromatic heterocycles. The molecule has 0 aliphatic rings. The Hall–Kier alpha value is -1.07. The molecule has 2 N–H and O–H groups in total. The number of nitrogens with one attached hydrogen (secondary N) is 2. The lowest BCUT2D eigenvalue weighted by molar-refractivity contribution is 0.997. The van der Waals surface area contributed by atoms with Gasteiger partial charge < -0.3 is 10.3 Å². The van der Waals surface area contributed by atoms with Crippen LogP contribution in [0.4, 0.5) is 5.69 Å². The fraction of sp³-hybridized carbons (Fsp3) is 0.111. The Morgan fingerprint density at radius 1 is 1.47 bits per heavy atom. The molecule has 0 aliphatic heterocycles. The lowest BCUT2D eigenvalue weighted by atomic mass is 10.4. The molecule has 0 aliphatic carbocycles. The highest BCUT2D eigenvalue weighted by Gasteiger charge is 2.00. The third kappa shape index (κ3) is 2.70. The van der Waals surface area contributed by atoms with Crippen LogP contribution in [0.3, 0.4) is 0 Å². The van der Waals surface area contributed by atoms with Crippen molar-refractivity contribution in [3.05, 3.63) is 40.1 Å². The molecule has 0 bridgehead atoms. The van der Waals surface area contributed by atoms with E-state index in [1.165, 1.54) is 0 Å². The summed E-state index contributed by atoms with van der Waals surface area (Å²) in [6, 6.07) is 1.87. The molecule has 15 heavy (non-hydrogen) atoms. The molecule has 0 aromatic carbocycles. The normalized spacial score (nSPS) is 10.3. The zero-order valence-electron chi connectivity index (χ0n) is 7.67. The first-order valence-corrected chi connectivity index (χ1v) is 5.46. The monoisotopic (exact) mass is 286 g/mol. The maximum atomic E-state index is 5.78. The van der Waals surface area contributed by atoms with Crippen molar-refractivity contribution in [1.29, 1.82) is 0 Å². The second-order valence-electron chi connectivity index (χ2n) is 2.89. The standard InChI is InChI=1S/C9H8BrClN4/c10-7-3-6(4-15-9(7)11)14-5-8-12-1-2-13-8/h1-4,14H,5H2,(H,12,13). The first kappa shape index (κ1) is 10.4. The van der Waals surface area contributed by atoms with Crippen molar-refractivity contribution in [2.24, 2.45) is 0 Å². The summed E-state index contributed by atoms with van der Waals surface area (Å²) in [4.78, 5) is 11.1. The zero-order chi connectivity index (χ0) is 10.7. The molecule has 0 amide bonds. The van der Waals surface area contributed by atoms with Gasteiger partial charge in [0.2, 0.25) is 0 Å². The molecule has 0 spiro atoms. The summed E-state index contributed by atoms with van der Waals surface area (Å²) in [6.07, 6.45) is 5.18. The second kappa shape index (κ2) is 4.63. The van der Waals surface area contributed by atoms with Gasteiger partial charge in [0.05, 0.1) is 22.9 Å². The van der Waals surface area contributed by atoms with E-state index in [0.29, 0.717) is 11.7 Å². The van der Waals surface area contributed by atoms with E-state index in [2.05, 4.69) is 36.2 Å². The Morgan fingerprint density at radius 2 is 2.33 bits per heavy atom. The third-order valence-corrected chi connectivity index (χ3v) is 2.95. The van der Waals surface area contributed by atoms with Gasteiger partial charge in [-0.2, -0.15) is 0 Å². The number of aromatic nitrogens is 3. The minimum absolute atomic E-state index is 0.457. The number of nitrogens with zero attached hydrogens (tertiary/aromatic N) is 2. The Labute approximate surface area is 100 Å². The van der Waals surface area contributed by atoms with Gasteiger partial charge in [-0.3, -0.25) is 0 Å². The van der Waals surface area contributed by atoms with Crippen molar-refractivity contribution in [3.8, 4) is 0 Å². The van der Waals surface area contributed by atoms with Crippen molar-refractivity contribution < 1.29 is 0 Å². The van der Waals surface area contributed by atoms with E-state index >= 15 is 0 Å². The van der Waals surface area contributed by atoms with Crippen molar-refractivity contribution in [2.75, 3.05) is 5.32 Å².